The summed E-state index contributed by atoms with van der Waals surface area (Å²) in [7, 11) is 0. The van der Waals surface area contributed by atoms with Gasteiger partial charge in [0, 0.05) is 11.4 Å². The first-order chi connectivity index (χ1) is 13.3. The smallest absolute Gasteiger partial charge is 0.338 e. The molecule has 0 aromatic heterocycles. The molecule has 0 aliphatic heterocycles. The van der Waals surface area contributed by atoms with Gasteiger partial charge in [-0.25, -0.2) is 4.79 Å². The van der Waals surface area contributed by atoms with Gasteiger partial charge >= 0.3 is 5.97 Å². The SMILES string of the molecule is CCOC(=O)c1ccc(NC(=O)C(C)(C)C(=O)Nc2ccc(C#N)cc2)cc1. The van der Waals surface area contributed by atoms with Gasteiger partial charge < -0.3 is 15.4 Å². The summed E-state index contributed by atoms with van der Waals surface area (Å²) in [4.78, 5) is 36.8. The van der Waals surface area contributed by atoms with Gasteiger partial charge in [-0.2, -0.15) is 5.26 Å². The molecule has 7 heteroatoms. The highest BCUT2D eigenvalue weighted by atomic mass is 16.5. The minimum absolute atomic E-state index is 0.278. The number of carbonyl (C=O) groups is 3. The van der Waals surface area contributed by atoms with Gasteiger partial charge in [0.1, 0.15) is 5.41 Å². The van der Waals surface area contributed by atoms with Crippen molar-refractivity contribution in [2.45, 2.75) is 20.8 Å². The van der Waals surface area contributed by atoms with Gasteiger partial charge in [-0.1, -0.05) is 0 Å². The number of nitrogens with one attached hydrogen (secondary N) is 2. The van der Waals surface area contributed by atoms with Gasteiger partial charge in [0.25, 0.3) is 0 Å². The fraction of sp³-hybridized carbons (Fsp3) is 0.238. The summed E-state index contributed by atoms with van der Waals surface area (Å²) in [5.74, 6) is -1.43. The first-order valence-corrected chi connectivity index (χ1v) is 8.68. The van der Waals surface area contributed by atoms with Crippen LogP contribution in [0.5, 0.6) is 0 Å². The van der Waals surface area contributed by atoms with E-state index in [9.17, 15) is 14.4 Å². The summed E-state index contributed by atoms with van der Waals surface area (Å²) in [5.41, 5.74) is 0.438. The minimum Gasteiger partial charge on any atom is -0.462 e. The molecule has 144 valence electrons. The van der Waals surface area contributed by atoms with Crippen LogP contribution in [0.1, 0.15) is 36.7 Å². The van der Waals surface area contributed by atoms with Crippen molar-refractivity contribution in [3.8, 4) is 6.07 Å². The second-order valence-electron chi connectivity index (χ2n) is 6.52. The molecule has 2 rings (SSSR count). The van der Waals surface area contributed by atoms with E-state index in [0.717, 1.165) is 0 Å². The highest BCUT2D eigenvalue weighted by Gasteiger charge is 2.36. The van der Waals surface area contributed by atoms with E-state index in [2.05, 4.69) is 10.6 Å². The van der Waals surface area contributed by atoms with E-state index >= 15 is 0 Å². The quantitative estimate of drug-likeness (QED) is 0.591. The van der Waals surface area contributed by atoms with Crippen molar-refractivity contribution in [2.75, 3.05) is 17.2 Å². The Morgan fingerprint density at radius 3 is 1.82 bits per heavy atom. The molecule has 2 amide bonds. The largest absolute Gasteiger partial charge is 0.462 e. The molecule has 0 unspecified atom stereocenters. The number of ether oxygens (including phenoxy) is 1. The molecule has 0 bridgehead atoms. The average Bonchev–Trinajstić information content (AvgIpc) is 2.69. The molecule has 0 aliphatic rings. The number of anilines is 2. The lowest BCUT2D eigenvalue weighted by Gasteiger charge is -2.22. The first kappa shape index (κ1) is 20.6. The van der Waals surface area contributed by atoms with Crippen LogP contribution in [0.2, 0.25) is 0 Å². The lowest BCUT2D eigenvalue weighted by atomic mass is 9.90. The lowest BCUT2D eigenvalue weighted by Crippen LogP contribution is -2.41. The molecule has 2 N–H and O–H groups in total. The fourth-order valence-electron chi connectivity index (χ4n) is 2.21. The summed E-state index contributed by atoms with van der Waals surface area (Å²) in [6.45, 7) is 5.01. The van der Waals surface area contributed by atoms with Crippen LogP contribution in [0, 0.1) is 16.7 Å². The van der Waals surface area contributed by atoms with Gasteiger partial charge in [0.05, 0.1) is 23.8 Å². The van der Waals surface area contributed by atoms with Crippen LogP contribution in [0.3, 0.4) is 0 Å². The van der Waals surface area contributed by atoms with Crippen molar-refractivity contribution in [2.24, 2.45) is 5.41 Å². The Morgan fingerprint density at radius 2 is 1.39 bits per heavy atom. The number of hydrogen-bond donors (Lipinski definition) is 2. The lowest BCUT2D eigenvalue weighted by molar-refractivity contribution is -0.135. The van der Waals surface area contributed by atoms with Gasteiger partial charge in [-0.05, 0) is 69.3 Å². The topological polar surface area (TPSA) is 108 Å². The Bertz CT molecular complexity index is 910. The van der Waals surface area contributed by atoms with Crippen molar-refractivity contribution < 1.29 is 19.1 Å². The van der Waals surface area contributed by atoms with E-state index < -0.39 is 23.2 Å². The number of nitrogens with zero attached hydrogens (tertiary/aromatic N) is 1. The zero-order chi connectivity index (χ0) is 20.7. The van der Waals surface area contributed by atoms with Crippen molar-refractivity contribution >= 4 is 29.2 Å². The molecule has 0 heterocycles. The number of rotatable bonds is 6. The molecule has 0 spiro atoms. The fourth-order valence-corrected chi connectivity index (χ4v) is 2.21. The standard InChI is InChI=1S/C21H21N3O4/c1-4-28-18(25)15-7-11-17(12-8-15)24-20(27)21(2,3)19(26)23-16-9-5-14(13-22)6-10-16/h5-12H,4H2,1-3H3,(H,23,26)(H,24,27). The molecule has 2 aromatic carbocycles. The van der Waals surface area contributed by atoms with Crippen LogP contribution in [0.25, 0.3) is 0 Å². The Balaban J connectivity index is 2.03. The van der Waals surface area contributed by atoms with Crippen LogP contribution in [-0.2, 0) is 14.3 Å². The maximum absolute atomic E-state index is 12.6. The predicted octanol–water partition coefficient (Wildman–Crippen LogP) is 3.34. The number of esters is 1. The first-order valence-electron chi connectivity index (χ1n) is 8.68. The second kappa shape index (κ2) is 8.82. The van der Waals surface area contributed by atoms with Crippen LogP contribution in [0.15, 0.2) is 48.5 Å². The summed E-state index contributed by atoms with van der Waals surface area (Å²) in [6.07, 6.45) is 0. The molecule has 0 fully saturated rings. The third kappa shape index (κ3) is 4.95. The molecule has 0 radical (unpaired) electrons. The zero-order valence-electron chi connectivity index (χ0n) is 15.9. The van der Waals surface area contributed by atoms with Crippen LogP contribution in [-0.4, -0.2) is 24.4 Å². The van der Waals surface area contributed by atoms with Crippen molar-refractivity contribution in [1.82, 2.24) is 0 Å². The monoisotopic (exact) mass is 379 g/mol. The Labute approximate surface area is 163 Å². The molecular formula is C21H21N3O4. The van der Waals surface area contributed by atoms with Gasteiger partial charge in [0.2, 0.25) is 11.8 Å². The molecule has 0 aliphatic carbocycles. The zero-order valence-corrected chi connectivity index (χ0v) is 15.9. The summed E-state index contributed by atoms with van der Waals surface area (Å²) in [5, 5.41) is 14.1. The van der Waals surface area contributed by atoms with Crippen molar-refractivity contribution in [3.05, 3.63) is 59.7 Å². The maximum Gasteiger partial charge on any atom is 0.338 e. The third-order valence-corrected chi connectivity index (χ3v) is 4.06. The number of nitriles is 1. The maximum atomic E-state index is 12.6. The molecule has 28 heavy (non-hydrogen) atoms. The second-order valence-corrected chi connectivity index (χ2v) is 6.52. The van der Waals surface area contributed by atoms with Gasteiger partial charge in [0.15, 0.2) is 0 Å². The van der Waals surface area contributed by atoms with Crippen LogP contribution >= 0.6 is 0 Å². The Morgan fingerprint density at radius 1 is 0.929 bits per heavy atom. The third-order valence-electron chi connectivity index (χ3n) is 4.06. The van der Waals surface area contributed by atoms with Crippen LogP contribution in [0.4, 0.5) is 11.4 Å². The molecule has 0 atom stereocenters. The normalized spacial score (nSPS) is 10.5. The van der Waals surface area contributed by atoms with Gasteiger partial charge in [-0.15, -0.1) is 0 Å². The minimum atomic E-state index is -1.35. The molecular weight excluding hydrogens is 358 g/mol. The van der Waals surface area contributed by atoms with Crippen molar-refractivity contribution in [3.63, 3.8) is 0 Å². The van der Waals surface area contributed by atoms with E-state index in [0.29, 0.717) is 22.5 Å². The average molecular weight is 379 g/mol. The van der Waals surface area contributed by atoms with E-state index in [4.69, 9.17) is 10.00 Å². The van der Waals surface area contributed by atoms with E-state index in [1.54, 1.807) is 43.3 Å². The Kier molecular flexibility index (Phi) is 6.51. The number of carbonyl (C=O) groups excluding carboxylic acids is 3. The van der Waals surface area contributed by atoms with E-state index in [1.807, 2.05) is 6.07 Å². The molecule has 7 nitrogen and oxygen atoms in total. The highest BCUT2D eigenvalue weighted by Crippen LogP contribution is 2.22. The number of benzene rings is 2. The number of amides is 2. The van der Waals surface area contributed by atoms with Crippen LogP contribution < -0.4 is 10.6 Å². The molecule has 0 saturated heterocycles. The van der Waals surface area contributed by atoms with Gasteiger partial charge in [-0.3, -0.25) is 9.59 Å². The highest BCUT2D eigenvalue weighted by molar-refractivity contribution is 6.14. The van der Waals surface area contributed by atoms with Crippen molar-refractivity contribution in [1.29, 1.82) is 5.26 Å². The van der Waals surface area contributed by atoms with E-state index in [1.165, 1.54) is 26.0 Å². The molecule has 2 aromatic rings. The predicted molar refractivity (Wildman–Crippen MR) is 105 cm³/mol. The number of hydrogen-bond acceptors (Lipinski definition) is 5. The summed E-state index contributed by atoms with van der Waals surface area (Å²) >= 11 is 0. The molecule has 0 saturated carbocycles. The Hall–Kier alpha value is -3.66. The van der Waals surface area contributed by atoms with E-state index in [-0.39, 0.29) is 6.61 Å². The summed E-state index contributed by atoms with van der Waals surface area (Å²) in [6, 6.07) is 14.6. The summed E-state index contributed by atoms with van der Waals surface area (Å²) < 4.78 is 4.91.